The highest BCUT2D eigenvalue weighted by Crippen LogP contribution is 2.28. The minimum absolute atomic E-state index is 0.219. The van der Waals surface area contributed by atoms with Crippen molar-refractivity contribution in [1.29, 1.82) is 0 Å². The van der Waals surface area contributed by atoms with E-state index in [1.165, 1.54) is 6.08 Å². The van der Waals surface area contributed by atoms with Gasteiger partial charge in [0.2, 0.25) is 0 Å². The number of ether oxygens (including phenoxy) is 2. The molecule has 2 rings (SSSR count). The van der Waals surface area contributed by atoms with Crippen molar-refractivity contribution < 1.29 is 19.4 Å². The molecule has 1 N–H and O–H groups in total. The van der Waals surface area contributed by atoms with E-state index in [2.05, 4.69) is 0 Å². The van der Waals surface area contributed by atoms with Gasteiger partial charge in [-0.2, -0.15) is 0 Å². The van der Waals surface area contributed by atoms with Gasteiger partial charge < -0.3 is 14.6 Å². The summed E-state index contributed by atoms with van der Waals surface area (Å²) in [5, 5.41) is 9.80. The summed E-state index contributed by atoms with van der Waals surface area (Å²) in [6.07, 6.45) is 2.50. The van der Waals surface area contributed by atoms with Crippen molar-refractivity contribution in [2.45, 2.75) is 6.61 Å². The Labute approximate surface area is 143 Å². The second-order valence-electron chi connectivity index (χ2n) is 4.60. The maximum atomic E-state index is 10.7. The normalized spacial score (nSPS) is 10.7. The lowest BCUT2D eigenvalue weighted by Crippen LogP contribution is -1.99. The Hall–Kier alpha value is -2.17. The van der Waals surface area contributed by atoms with Crippen LogP contribution in [0, 0.1) is 0 Å². The zero-order chi connectivity index (χ0) is 16.8. The predicted molar refractivity (Wildman–Crippen MR) is 90.5 cm³/mol. The minimum atomic E-state index is -1.03. The highest BCUT2D eigenvalue weighted by Gasteiger charge is 2.07. The van der Waals surface area contributed by atoms with Crippen LogP contribution < -0.4 is 9.47 Å². The first-order chi connectivity index (χ1) is 11.0. The maximum absolute atomic E-state index is 10.7. The number of methoxy groups -OCH3 is 1. The van der Waals surface area contributed by atoms with Crippen molar-refractivity contribution in [3.8, 4) is 11.5 Å². The minimum Gasteiger partial charge on any atom is -0.497 e. The van der Waals surface area contributed by atoms with Crippen LogP contribution in [0.25, 0.3) is 6.08 Å². The van der Waals surface area contributed by atoms with Crippen molar-refractivity contribution in [3.63, 3.8) is 0 Å². The number of carbonyl (C=O) groups is 1. The monoisotopic (exact) mass is 352 g/mol. The number of halogens is 2. The second-order valence-corrected chi connectivity index (χ2v) is 5.44. The van der Waals surface area contributed by atoms with Gasteiger partial charge in [-0.3, -0.25) is 0 Å². The lowest BCUT2D eigenvalue weighted by Gasteiger charge is -2.12. The molecule has 0 fully saturated rings. The van der Waals surface area contributed by atoms with E-state index >= 15 is 0 Å². The van der Waals surface area contributed by atoms with Crippen molar-refractivity contribution >= 4 is 35.2 Å². The van der Waals surface area contributed by atoms with E-state index in [9.17, 15) is 4.79 Å². The summed E-state index contributed by atoms with van der Waals surface area (Å²) < 4.78 is 10.9. The molecule has 0 aliphatic heterocycles. The number of rotatable bonds is 6. The average Bonchev–Trinajstić information content (AvgIpc) is 2.52. The molecular formula is C17H14Cl2O4. The molecule has 0 heterocycles. The average molecular weight is 353 g/mol. The third-order valence-electron chi connectivity index (χ3n) is 3.02. The molecule has 2 aromatic rings. The number of benzene rings is 2. The molecule has 0 spiro atoms. The number of aliphatic carboxylic acids is 1. The third kappa shape index (κ3) is 4.91. The summed E-state index contributed by atoms with van der Waals surface area (Å²) in [4.78, 5) is 10.7. The molecule has 0 aromatic heterocycles. The van der Waals surface area contributed by atoms with Gasteiger partial charge >= 0.3 is 5.97 Å². The fourth-order valence-corrected chi connectivity index (χ4v) is 2.32. The Bertz CT molecular complexity index is 741. The van der Waals surface area contributed by atoms with Gasteiger partial charge in [-0.25, -0.2) is 4.79 Å². The Morgan fingerprint density at radius 2 is 2.00 bits per heavy atom. The van der Waals surface area contributed by atoms with Crippen LogP contribution in [-0.4, -0.2) is 18.2 Å². The molecule has 120 valence electrons. The smallest absolute Gasteiger partial charge is 0.328 e. The summed E-state index contributed by atoms with van der Waals surface area (Å²) in [7, 11) is 1.54. The molecule has 0 bridgehead atoms. The van der Waals surface area contributed by atoms with Gasteiger partial charge in [0.15, 0.2) is 0 Å². The van der Waals surface area contributed by atoms with Gasteiger partial charge in [0.05, 0.1) is 7.11 Å². The standard InChI is InChI=1S/C17H14Cl2O4/c1-22-14-6-3-11(4-7-17(20)21)16(9-14)23-10-12-2-5-13(18)8-15(12)19/h2-9H,10H2,1H3,(H,20,21). The molecule has 0 aliphatic rings. The fourth-order valence-electron chi connectivity index (χ4n) is 1.86. The fraction of sp³-hybridized carbons (Fsp3) is 0.118. The Morgan fingerprint density at radius 3 is 2.65 bits per heavy atom. The molecule has 4 nitrogen and oxygen atoms in total. The lowest BCUT2D eigenvalue weighted by atomic mass is 10.1. The number of carboxylic acid groups (broad SMARTS) is 1. The molecule has 6 heteroatoms. The first-order valence-corrected chi connectivity index (χ1v) is 7.41. The quantitative estimate of drug-likeness (QED) is 0.767. The number of hydrogen-bond donors (Lipinski definition) is 1. The van der Waals surface area contributed by atoms with Crippen LogP contribution in [-0.2, 0) is 11.4 Å². The van der Waals surface area contributed by atoms with Crippen molar-refractivity contribution in [2.75, 3.05) is 7.11 Å². The summed E-state index contributed by atoms with van der Waals surface area (Å²) in [5.74, 6) is 0.0649. The van der Waals surface area contributed by atoms with E-state index in [1.807, 2.05) is 0 Å². The summed E-state index contributed by atoms with van der Waals surface area (Å²) >= 11 is 12.0. The van der Waals surface area contributed by atoms with E-state index in [1.54, 1.807) is 43.5 Å². The van der Waals surface area contributed by atoms with Crippen LogP contribution >= 0.6 is 23.2 Å². The van der Waals surface area contributed by atoms with Gasteiger partial charge in [0.25, 0.3) is 0 Å². The highest BCUT2D eigenvalue weighted by atomic mass is 35.5. The molecular weight excluding hydrogens is 339 g/mol. The lowest BCUT2D eigenvalue weighted by molar-refractivity contribution is -0.131. The number of carboxylic acids is 1. The SMILES string of the molecule is COc1ccc(C=CC(=O)O)c(OCc2ccc(Cl)cc2Cl)c1. The third-order valence-corrected chi connectivity index (χ3v) is 3.61. The molecule has 2 aromatic carbocycles. The van der Waals surface area contributed by atoms with E-state index in [0.29, 0.717) is 27.1 Å². The Balaban J connectivity index is 2.24. The van der Waals surface area contributed by atoms with E-state index in [4.69, 9.17) is 37.8 Å². The van der Waals surface area contributed by atoms with Crippen molar-refractivity contribution in [2.24, 2.45) is 0 Å². The molecule has 0 unspecified atom stereocenters. The van der Waals surface area contributed by atoms with Crippen LogP contribution in [0.2, 0.25) is 10.0 Å². The topological polar surface area (TPSA) is 55.8 Å². The zero-order valence-electron chi connectivity index (χ0n) is 12.3. The summed E-state index contributed by atoms with van der Waals surface area (Å²) in [5.41, 5.74) is 1.39. The Kier molecular flexibility index (Phi) is 5.90. The maximum Gasteiger partial charge on any atom is 0.328 e. The van der Waals surface area contributed by atoms with Gasteiger partial charge in [-0.1, -0.05) is 29.3 Å². The van der Waals surface area contributed by atoms with E-state index < -0.39 is 5.97 Å². The Morgan fingerprint density at radius 1 is 1.22 bits per heavy atom. The van der Waals surface area contributed by atoms with Gasteiger partial charge in [0.1, 0.15) is 18.1 Å². The van der Waals surface area contributed by atoms with E-state index in [0.717, 1.165) is 11.6 Å². The van der Waals surface area contributed by atoms with Crippen molar-refractivity contribution in [3.05, 3.63) is 63.6 Å². The largest absolute Gasteiger partial charge is 0.497 e. The molecule has 0 radical (unpaired) electrons. The molecule has 0 saturated heterocycles. The van der Waals surface area contributed by atoms with Crippen LogP contribution in [0.3, 0.4) is 0 Å². The molecule has 0 saturated carbocycles. The van der Waals surface area contributed by atoms with Crippen molar-refractivity contribution in [1.82, 2.24) is 0 Å². The first-order valence-electron chi connectivity index (χ1n) is 6.65. The number of hydrogen-bond acceptors (Lipinski definition) is 3. The van der Waals surface area contributed by atoms with Crippen LogP contribution in [0.1, 0.15) is 11.1 Å². The molecule has 23 heavy (non-hydrogen) atoms. The van der Waals surface area contributed by atoms with Crippen LogP contribution in [0.5, 0.6) is 11.5 Å². The van der Waals surface area contributed by atoms with Gasteiger partial charge in [-0.15, -0.1) is 0 Å². The van der Waals surface area contributed by atoms with Gasteiger partial charge in [0, 0.05) is 33.3 Å². The van der Waals surface area contributed by atoms with Crippen LogP contribution in [0.4, 0.5) is 0 Å². The summed E-state index contributed by atoms with van der Waals surface area (Å²) in [6, 6.07) is 10.3. The first kappa shape index (κ1) is 17.2. The van der Waals surface area contributed by atoms with Crippen LogP contribution in [0.15, 0.2) is 42.5 Å². The molecule has 0 aliphatic carbocycles. The highest BCUT2D eigenvalue weighted by molar-refractivity contribution is 6.35. The van der Waals surface area contributed by atoms with Gasteiger partial charge in [-0.05, 0) is 30.3 Å². The molecule has 0 atom stereocenters. The summed E-state index contributed by atoms with van der Waals surface area (Å²) in [6.45, 7) is 0.219. The second kappa shape index (κ2) is 7.90. The molecule has 0 amide bonds. The van der Waals surface area contributed by atoms with E-state index in [-0.39, 0.29) is 6.61 Å². The predicted octanol–water partition coefficient (Wildman–Crippen LogP) is 4.68. The zero-order valence-corrected chi connectivity index (χ0v) is 13.8.